The zero-order valence-electron chi connectivity index (χ0n) is 18.1. The standard InChI is InChI=1S/C21H15F6N7O2/c1-10(20(22,23)24)33-17-15(16(28)30-9-31-17)34(19(33)36)13-4-2-11(3-5-13)18(35)32-14-8-12(6-7-29-14)21(25,26)27/h2-10H,1H3,(H2,28,30,31)(H,29,32,35). The number of aromatic nitrogens is 5. The largest absolute Gasteiger partial charge is 0.416 e. The number of nitrogens with zero attached hydrogens (tertiary/aromatic N) is 5. The molecule has 188 valence electrons. The molecule has 36 heavy (non-hydrogen) atoms. The van der Waals surface area contributed by atoms with Crippen molar-refractivity contribution >= 4 is 28.7 Å². The topological polar surface area (TPSA) is 121 Å². The highest BCUT2D eigenvalue weighted by molar-refractivity contribution is 6.03. The molecule has 0 radical (unpaired) electrons. The van der Waals surface area contributed by atoms with Gasteiger partial charge in [0.25, 0.3) is 5.91 Å². The Morgan fingerprint density at radius 3 is 2.31 bits per heavy atom. The fourth-order valence-corrected chi connectivity index (χ4v) is 3.43. The SMILES string of the molecule is CC(n1c(=O)n(-c2ccc(C(=O)Nc3cc(C(F)(F)F)ccn3)cc2)c2c(N)ncnc21)C(F)(F)F. The number of halogens is 6. The van der Waals surface area contributed by atoms with Gasteiger partial charge in [-0.15, -0.1) is 0 Å². The highest BCUT2D eigenvalue weighted by Crippen LogP contribution is 2.33. The number of carbonyl (C=O) groups is 1. The Labute approximate surface area is 197 Å². The van der Waals surface area contributed by atoms with Gasteiger partial charge in [0.1, 0.15) is 23.7 Å². The second-order valence-electron chi connectivity index (χ2n) is 7.57. The Morgan fingerprint density at radius 2 is 1.69 bits per heavy atom. The summed E-state index contributed by atoms with van der Waals surface area (Å²) in [5.41, 5.74) is 3.26. The van der Waals surface area contributed by atoms with E-state index in [1.165, 1.54) is 24.3 Å². The third-order valence-corrected chi connectivity index (χ3v) is 5.26. The molecule has 3 aromatic heterocycles. The van der Waals surface area contributed by atoms with Crippen molar-refractivity contribution in [3.05, 3.63) is 70.5 Å². The molecule has 0 bridgehead atoms. The molecule has 4 aromatic rings. The van der Waals surface area contributed by atoms with E-state index in [0.29, 0.717) is 10.6 Å². The number of pyridine rings is 1. The number of hydrogen-bond donors (Lipinski definition) is 2. The van der Waals surface area contributed by atoms with Crippen LogP contribution < -0.4 is 16.7 Å². The molecule has 15 heteroatoms. The van der Waals surface area contributed by atoms with Crippen molar-refractivity contribution in [3.63, 3.8) is 0 Å². The molecule has 3 N–H and O–H groups in total. The maximum absolute atomic E-state index is 13.4. The monoisotopic (exact) mass is 511 g/mol. The van der Waals surface area contributed by atoms with Gasteiger partial charge in [-0.05, 0) is 43.3 Å². The Kier molecular flexibility index (Phi) is 5.94. The lowest BCUT2D eigenvalue weighted by atomic mass is 10.2. The molecule has 9 nitrogen and oxygen atoms in total. The predicted octanol–water partition coefficient (Wildman–Crippen LogP) is 3.95. The first-order valence-electron chi connectivity index (χ1n) is 10.0. The number of nitrogen functional groups attached to an aromatic ring is 1. The van der Waals surface area contributed by atoms with Crippen LogP contribution in [-0.2, 0) is 6.18 Å². The van der Waals surface area contributed by atoms with Crippen molar-refractivity contribution in [1.82, 2.24) is 24.1 Å². The smallest absolute Gasteiger partial charge is 0.382 e. The summed E-state index contributed by atoms with van der Waals surface area (Å²) in [6.45, 7) is 0.790. The number of nitrogens with two attached hydrogens (primary N) is 1. The van der Waals surface area contributed by atoms with Crippen LogP contribution in [-0.4, -0.2) is 36.2 Å². The Balaban J connectivity index is 1.71. The fourth-order valence-electron chi connectivity index (χ4n) is 3.43. The first-order valence-corrected chi connectivity index (χ1v) is 10.0. The summed E-state index contributed by atoms with van der Waals surface area (Å²) >= 11 is 0. The van der Waals surface area contributed by atoms with Crippen molar-refractivity contribution in [1.29, 1.82) is 0 Å². The summed E-state index contributed by atoms with van der Waals surface area (Å²) in [5, 5.41) is 2.23. The van der Waals surface area contributed by atoms with Crippen molar-refractivity contribution < 1.29 is 31.1 Å². The number of amides is 1. The number of imidazole rings is 1. The Morgan fingerprint density at radius 1 is 1.03 bits per heavy atom. The van der Waals surface area contributed by atoms with Gasteiger partial charge >= 0.3 is 18.0 Å². The Bertz CT molecular complexity index is 1510. The molecule has 4 rings (SSSR count). The number of carbonyl (C=O) groups excluding carboxylic acids is 1. The summed E-state index contributed by atoms with van der Waals surface area (Å²) in [5.74, 6) is -1.40. The van der Waals surface area contributed by atoms with Crippen LogP contribution in [0.3, 0.4) is 0 Å². The summed E-state index contributed by atoms with van der Waals surface area (Å²) in [6, 6.07) is 4.13. The van der Waals surface area contributed by atoms with Crippen LogP contribution >= 0.6 is 0 Å². The average Bonchev–Trinajstić information content (AvgIpc) is 3.10. The molecule has 0 saturated carbocycles. The van der Waals surface area contributed by atoms with Gasteiger partial charge < -0.3 is 11.1 Å². The molecule has 0 aliphatic rings. The lowest BCUT2D eigenvalue weighted by molar-refractivity contribution is -0.162. The first-order chi connectivity index (χ1) is 16.8. The highest BCUT2D eigenvalue weighted by atomic mass is 19.4. The number of nitrogens with one attached hydrogen (secondary N) is 1. The van der Waals surface area contributed by atoms with Gasteiger partial charge in [0.15, 0.2) is 11.5 Å². The van der Waals surface area contributed by atoms with Gasteiger partial charge in [-0.25, -0.2) is 19.7 Å². The molecule has 0 fully saturated rings. The van der Waals surface area contributed by atoms with Crippen LogP contribution in [0.4, 0.5) is 38.0 Å². The van der Waals surface area contributed by atoms with Gasteiger partial charge in [0.05, 0.1) is 11.3 Å². The fraction of sp³-hybridized carbons (Fsp3) is 0.190. The minimum absolute atomic E-state index is 0.0253. The molecule has 1 aromatic carbocycles. The predicted molar refractivity (Wildman–Crippen MR) is 115 cm³/mol. The van der Waals surface area contributed by atoms with Crippen LogP contribution in [0.25, 0.3) is 16.9 Å². The molecule has 0 aliphatic heterocycles. The minimum Gasteiger partial charge on any atom is -0.382 e. The number of fused-ring (bicyclic) bond motifs is 1. The molecule has 3 heterocycles. The second kappa shape index (κ2) is 8.66. The number of anilines is 2. The van der Waals surface area contributed by atoms with E-state index in [9.17, 15) is 35.9 Å². The van der Waals surface area contributed by atoms with Crippen molar-refractivity contribution in [2.75, 3.05) is 11.1 Å². The highest BCUT2D eigenvalue weighted by Gasteiger charge is 2.40. The number of rotatable bonds is 4. The van der Waals surface area contributed by atoms with Crippen molar-refractivity contribution in [2.45, 2.75) is 25.3 Å². The summed E-state index contributed by atoms with van der Waals surface area (Å²) in [4.78, 5) is 36.7. The maximum Gasteiger partial charge on any atom is 0.416 e. The first kappa shape index (κ1) is 24.7. The van der Waals surface area contributed by atoms with E-state index in [1.54, 1.807) is 0 Å². The van der Waals surface area contributed by atoms with Gasteiger partial charge in [-0.2, -0.15) is 26.3 Å². The van der Waals surface area contributed by atoms with E-state index in [-0.39, 0.29) is 34.1 Å². The van der Waals surface area contributed by atoms with E-state index in [4.69, 9.17) is 5.73 Å². The molecular formula is C21H15F6N7O2. The Hall–Kier alpha value is -4.43. The number of hydrogen-bond acceptors (Lipinski definition) is 6. The lowest BCUT2D eigenvalue weighted by Crippen LogP contribution is -2.33. The molecule has 0 saturated heterocycles. The third kappa shape index (κ3) is 4.46. The normalized spacial score (nSPS) is 13.1. The van der Waals surface area contributed by atoms with Crippen molar-refractivity contribution in [3.8, 4) is 5.69 Å². The molecule has 1 amide bonds. The zero-order valence-corrected chi connectivity index (χ0v) is 18.1. The number of benzene rings is 1. The van der Waals surface area contributed by atoms with Crippen LogP contribution in [0.5, 0.6) is 0 Å². The van der Waals surface area contributed by atoms with Gasteiger partial charge in [0.2, 0.25) is 0 Å². The summed E-state index contributed by atoms with van der Waals surface area (Å²) in [7, 11) is 0. The second-order valence-corrected chi connectivity index (χ2v) is 7.57. The van der Waals surface area contributed by atoms with Gasteiger partial charge in [0, 0.05) is 11.8 Å². The quantitative estimate of drug-likeness (QED) is 0.401. The van der Waals surface area contributed by atoms with Crippen LogP contribution in [0.2, 0.25) is 0 Å². The lowest BCUT2D eigenvalue weighted by Gasteiger charge is -2.16. The average molecular weight is 511 g/mol. The van der Waals surface area contributed by atoms with Crippen LogP contribution in [0, 0.1) is 0 Å². The zero-order chi connectivity index (χ0) is 26.4. The van der Waals surface area contributed by atoms with Gasteiger partial charge in [-0.1, -0.05) is 0 Å². The minimum atomic E-state index is -4.76. The molecule has 1 atom stereocenters. The van der Waals surface area contributed by atoms with E-state index in [1.807, 2.05) is 0 Å². The third-order valence-electron chi connectivity index (χ3n) is 5.26. The van der Waals surface area contributed by atoms with Crippen LogP contribution in [0.1, 0.15) is 28.9 Å². The number of alkyl halides is 6. The molecule has 0 spiro atoms. The van der Waals surface area contributed by atoms with Crippen LogP contribution in [0.15, 0.2) is 53.7 Å². The van der Waals surface area contributed by atoms with E-state index in [0.717, 1.165) is 30.1 Å². The molecule has 1 unspecified atom stereocenters. The van der Waals surface area contributed by atoms with E-state index in [2.05, 4.69) is 20.3 Å². The van der Waals surface area contributed by atoms with Crippen molar-refractivity contribution in [2.24, 2.45) is 0 Å². The van der Waals surface area contributed by atoms with E-state index >= 15 is 0 Å². The van der Waals surface area contributed by atoms with Gasteiger partial charge in [-0.3, -0.25) is 13.9 Å². The molecular weight excluding hydrogens is 496 g/mol. The summed E-state index contributed by atoms with van der Waals surface area (Å²) < 4.78 is 80.2. The van der Waals surface area contributed by atoms with E-state index < -0.39 is 35.6 Å². The molecule has 0 aliphatic carbocycles. The summed E-state index contributed by atoms with van der Waals surface area (Å²) in [6.07, 6.45) is -7.58. The maximum atomic E-state index is 13.4.